The summed E-state index contributed by atoms with van der Waals surface area (Å²) in [6.45, 7) is 4.57. The van der Waals surface area contributed by atoms with Gasteiger partial charge < -0.3 is 21.1 Å². The quantitative estimate of drug-likeness (QED) is 0.546. The molecule has 0 bridgehead atoms. The second kappa shape index (κ2) is 8.53. The molecule has 2 atom stereocenters. The number of halogens is 1. The van der Waals surface area contributed by atoms with Gasteiger partial charge in [0.15, 0.2) is 0 Å². The summed E-state index contributed by atoms with van der Waals surface area (Å²) in [5.41, 5.74) is 1.14. The second-order valence-electron chi connectivity index (χ2n) is 7.63. The molecule has 0 unspecified atom stereocenters. The number of carboxylic acid groups (broad SMARTS) is 1. The number of hydrogen-bond donors (Lipinski definition) is 4. The molecule has 0 radical (unpaired) electrons. The van der Waals surface area contributed by atoms with Crippen LogP contribution in [0.25, 0.3) is 0 Å². The monoisotopic (exact) mass is 414 g/mol. The van der Waals surface area contributed by atoms with Crippen molar-refractivity contribution in [2.75, 3.05) is 17.2 Å². The van der Waals surface area contributed by atoms with Crippen molar-refractivity contribution < 1.29 is 9.90 Å². The number of aromatic nitrogens is 2. The van der Waals surface area contributed by atoms with E-state index in [0.717, 1.165) is 12.0 Å². The number of nitriles is 1. The third kappa shape index (κ3) is 4.87. The van der Waals surface area contributed by atoms with Crippen molar-refractivity contribution in [3.05, 3.63) is 46.6 Å². The number of nitrogens with one attached hydrogen (secondary N) is 3. The lowest BCUT2D eigenvalue weighted by Gasteiger charge is -2.52. The van der Waals surface area contributed by atoms with Crippen molar-refractivity contribution >= 4 is 29.5 Å². The molecule has 1 fully saturated rings. The maximum absolute atomic E-state index is 10.9. The number of carbonyl (C=O) groups is 1. The van der Waals surface area contributed by atoms with Crippen LogP contribution in [0.4, 0.5) is 16.6 Å². The molecule has 1 aromatic carbocycles. The zero-order valence-corrected chi connectivity index (χ0v) is 17.0. The molecule has 1 saturated carbocycles. The van der Waals surface area contributed by atoms with Crippen LogP contribution in [0.2, 0.25) is 5.02 Å². The number of anilines is 2. The number of benzene rings is 1. The van der Waals surface area contributed by atoms with Gasteiger partial charge in [-0.1, -0.05) is 37.6 Å². The van der Waals surface area contributed by atoms with Crippen LogP contribution in [0.5, 0.6) is 0 Å². The summed E-state index contributed by atoms with van der Waals surface area (Å²) in [6, 6.07) is 9.58. The largest absolute Gasteiger partial charge is 0.465 e. The van der Waals surface area contributed by atoms with Crippen LogP contribution in [-0.2, 0) is 6.42 Å². The Balaban J connectivity index is 1.63. The van der Waals surface area contributed by atoms with E-state index in [9.17, 15) is 10.1 Å². The van der Waals surface area contributed by atoms with Crippen molar-refractivity contribution in [3.63, 3.8) is 0 Å². The zero-order valence-electron chi connectivity index (χ0n) is 16.2. The van der Waals surface area contributed by atoms with Gasteiger partial charge in [-0.3, -0.25) is 0 Å². The van der Waals surface area contributed by atoms with Gasteiger partial charge in [-0.05, 0) is 30.5 Å². The maximum atomic E-state index is 10.9. The van der Waals surface area contributed by atoms with Crippen LogP contribution in [-0.4, -0.2) is 39.8 Å². The topological polar surface area (TPSA) is 123 Å². The average Bonchev–Trinajstić information content (AvgIpc) is 2.67. The van der Waals surface area contributed by atoms with E-state index in [-0.39, 0.29) is 17.5 Å². The van der Waals surface area contributed by atoms with Crippen LogP contribution in [0, 0.1) is 16.7 Å². The first-order valence-corrected chi connectivity index (χ1v) is 9.69. The summed E-state index contributed by atoms with van der Waals surface area (Å²) >= 11 is 6.00. The van der Waals surface area contributed by atoms with E-state index in [1.807, 2.05) is 38.1 Å². The van der Waals surface area contributed by atoms with E-state index in [2.05, 4.69) is 32.0 Å². The predicted molar refractivity (Wildman–Crippen MR) is 111 cm³/mol. The average molecular weight is 415 g/mol. The van der Waals surface area contributed by atoms with Gasteiger partial charge >= 0.3 is 6.09 Å². The van der Waals surface area contributed by atoms with Crippen molar-refractivity contribution in [2.24, 2.45) is 5.41 Å². The number of hydrogen-bond acceptors (Lipinski definition) is 6. The summed E-state index contributed by atoms with van der Waals surface area (Å²) in [7, 11) is 0. The van der Waals surface area contributed by atoms with Crippen LogP contribution in [0.3, 0.4) is 0 Å². The number of nitrogens with zero attached hydrogens (tertiary/aromatic N) is 3. The molecule has 9 heteroatoms. The molecule has 1 heterocycles. The molecule has 152 valence electrons. The highest BCUT2D eigenvalue weighted by atomic mass is 35.5. The van der Waals surface area contributed by atoms with E-state index >= 15 is 0 Å². The minimum Gasteiger partial charge on any atom is -0.465 e. The van der Waals surface area contributed by atoms with E-state index in [1.54, 1.807) is 0 Å². The smallest absolute Gasteiger partial charge is 0.404 e. The Kier molecular flexibility index (Phi) is 6.09. The van der Waals surface area contributed by atoms with Gasteiger partial charge in [-0.15, -0.1) is 0 Å². The fourth-order valence-electron chi connectivity index (χ4n) is 3.40. The molecule has 1 amide bonds. The summed E-state index contributed by atoms with van der Waals surface area (Å²) in [4.78, 5) is 19.6. The minimum atomic E-state index is -1.03. The van der Waals surface area contributed by atoms with E-state index in [0.29, 0.717) is 35.3 Å². The van der Waals surface area contributed by atoms with Gasteiger partial charge in [0.2, 0.25) is 5.95 Å². The lowest BCUT2D eigenvalue weighted by molar-refractivity contribution is 0.0823. The molecule has 29 heavy (non-hydrogen) atoms. The Morgan fingerprint density at radius 2 is 2.21 bits per heavy atom. The van der Waals surface area contributed by atoms with Gasteiger partial charge in [0, 0.05) is 29.1 Å². The Labute approximate surface area is 174 Å². The summed E-state index contributed by atoms with van der Waals surface area (Å²) < 4.78 is 0. The Bertz CT molecular complexity index is 943. The number of amides is 1. The van der Waals surface area contributed by atoms with Gasteiger partial charge in [-0.25, -0.2) is 9.78 Å². The van der Waals surface area contributed by atoms with Crippen LogP contribution in [0.15, 0.2) is 30.5 Å². The molecule has 2 aromatic rings. The molecule has 1 aromatic heterocycles. The fraction of sp³-hybridized carbons (Fsp3) is 0.400. The molecule has 0 aliphatic heterocycles. The lowest BCUT2D eigenvalue weighted by atomic mass is 9.63. The molecular formula is C20H23ClN6O2. The highest BCUT2D eigenvalue weighted by molar-refractivity contribution is 6.30. The molecular weight excluding hydrogens is 392 g/mol. The van der Waals surface area contributed by atoms with Crippen molar-refractivity contribution in [1.82, 2.24) is 15.3 Å². The first kappa shape index (κ1) is 20.7. The molecule has 4 N–H and O–H groups in total. The Morgan fingerprint density at radius 3 is 2.86 bits per heavy atom. The van der Waals surface area contributed by atoms with Crippen LogP contribution < -0.4 is 16.0 Å². The molecule has 1 aliphatic rings. The summed E-state index contributed by atoms with van der Waals surface area (Å²) in [6.07, 6.45) is 1.82. The molecule has 1 aliphatic carbocycles. The maximum Gasteiger partial charge on any atom is 0.404 e. The molecule has 0 saturated heterocycles. The Morgan fingerprint density at radius 1 is 1.41 bits per heavy atom. The highest BCUT2D eigenvalue weighted by Crippen LogP contribution is 2.42. The van der Waals surface area contributed by atoms with Crippen molar-refractivity contribution in [1.29, 1.82) is 5.26 Å². The highest BCUT2D eigenvalue weighted by Gasteiger charge is 2.49. The van der Waals surface area contributed by atoms with Gasteiger partial charge in [0.1, 0.15) is 17.5 Å². The standard InChI is InChI=1S/C20H23ClN6O2/c1-20(2)15(9-16(20)26-19(28)29)25-17-13(10-22)11-24-18(27-17)23-7-6-12-4-3-5-14(21)8-12/h3-5,8,11,15-16,26H,6-7,9H2,1-2H3,(H,28,29)(H2,23,24,25,27)/t15-,16+/m1/s1. The molecule has 3 rings (SSSR count). The van der Waals surface area contributed by atoms with E-state index < -0.39 is 6.09 Å². The van der Waals surface area contributed by atoms with Crippen LogP contribution >= 0.6 is 11.6 Å². The number of rotatable bonds is 7. The third-order valence-electron chi connectivity index (χ3n) is 5.37. The van der Waals surface area contributed by atoms with Crippen LogP contribution in [0.1, 0.15) is 31.4 Å². The van der Waals surface area contributed by atoms with Gasteiger partial charge in [-0.2, -0.15) is 10.2 Å². The molecule has 8 nitrogen and oxygen atoms in total. The fourth-order valence-corrected chi connectivity index (χ4v) is 3.61. The van der Waals surface area contributed by atoms with E-state index in [4.69, 9.17) is 16.7 Å². The summed E-state index contributed by atoms with van der Waals surface area (Å²) in [5.74, 6) is 0.866. The lowest BCUT2D eigenvalue weighted by Crippen LogP contribution is -2.63. The SMILES string of the molecule is CC1(C)[C@@H](NC(=O)O)C[C@H]1Nc1nc(NCCc2cccc(Cl)c2)ncc1C#N. The van der Waals surface area contributed by atoms with Crippen molar-refractivity contribution in [2.45, 2.75) is 38.8 Å². The summed E-state index contributed by atoms with van der Waals surface area (Å²) in [5, 5.41) is 28.0. The zero-order chi connectivity index (χ0) is 21.0. The second-order valence-corrected chi connectivity index (χ2v) is 8.07. The van der Waals surface area contributed by atoms with Gasteiger partial charge in [0.05, 0.1) is 6.20 Å². The predicted octanol–water partition coefficient (Wildman–Crippen LogP) is 3.50. The first-order chi connectivity index (χ1) is 13.8. The van der Waals surface area contributed by atoms with Gasteiger partial charge in [0.25, 0.3) is 0 Å². The van der Waals surface area contributed by atoms with E-state index in [1.165, 1.54) is 6.20 Å². The third-order valence-corrected chi connectivity index (χ3v) is 5.61. The Hall–Kier alpha value is -3.05. The first-order valence-electron chi connectivity index (χ1n) is 9.31. The minimum absolute atomic E-state index is 0.0133. The van der Waals surface area contributed by atoms with Crippen molar-refractivity contribution in [3.8, 4) is 6.07 Å². The normalized spacial score (nSPS) is 19.5. The molecule has 0 spiro atoms.